The van der Waals surface area contributed by atoms with Gasteiger partial charge in [0.05, 0.1) is 12.1 Å². The lowest BCUT2D eigenvalue weighted by Crippen LogP contribution is -2.22. The van der Waals surface area contributed by atoms with Crippen molar-refractivity contribution in [2.45, 2.75) is 32.9 Å². The largest absolute Gasteiger partial charge is 0.491 e. The van der Waals surface area contributed by atoms with Gasteiger partial charge in [0.25, 0.3) is 0 Å². The summed E-state index contributed by atoms with van der Waals surface area (Å²) in [7, 11) is 0. The number of nitrogens with zero attached hydrogens (tertiary/aromatic N) is 1. The molecule has 0 radical (unpaired) electrons. The van der Waals surface area contributed by atoms with Crippen LogP contribution < -0.4 is 10.1 Å². The number of hydrogen-bond donors (Lipinski definition) is 1. The molecule has 0 spiro atoms. The summed E-state index contributed by atoms with van der Waals surface area (Å²) in [6, 6.07) is 12.5. The van der Waals surface area contributed by atoms with Gasteiger partial charge in [-0.2, -0.15) is 0 Å². The molecule has 3 nitrogen and oxygen atoms in total. The van der Waals surface area contributed by atoms with Gasteiger partial charge in [-0.05, 0) is 49.7 Å². The average molecular weight is 270 g/mol. The van der Waals surface area contributed by atoms with E-state index in [4.69, 9.17) is 4.74 Å². The van der Waals surface area contributed by atoms with Crippen molar-refractivity contribution in [1.82, 2.24) is 10.3 Å². The number of nitrogens with one attached hydrogen (secondary N) is 1. The highest BCUT2D eigenvalue weighted by molar-refractivity contribution is 5.36. The molecule has 0 saturated heterocycles. The van der Waals surface area contributed by atoms with E-state index in [2.05, 4.69) is 35.4 Å². The number of hydrogen-bond acceptors (Lipinski definition) is 3. The van der Waals surface area contributed by atoms with Crippen LogP contribution in [0.3, 0.4) is 0 Å². The normalized spacial score (nSPS) is 12.4. The molecule has 0 saturated carbocycles. The van der Waals surface area contributed by atoms with Crippen LogP contribution in [-0.4, -0.2) is 17.6 Å². The molecular weight excluding hydrogens is 248 g/mol. The third-order valence-electron chi connectivity index (χ3n) is 2.99. The summed E-state index contributed by atoms with van der Waals surface area (Å²) < 4.78 is 5.78. The molecular formula is C17H22N2O. The van der Waals surface area contributed by atoms with Crippen molar-refractivity contribution in [2.24, 2.45) is 0 Å². The van der Waals surface area contributed by atoms with E-state index >= 15 is 0 Å². The van der Waals surface area contributed by atoms with Crippen LogP contribution in [0, 0.1) is 0 Å². The molecule has 2 rings (SSSR count). The standard InChI is InChI=1S/C17H22N2O/c1-4-19-17(15-8-6-10-18-12-15)14-7-5-9-16(11-14)20-13(2)3/h5-13,17,19H,4H2,1-3H3. The second-order valence-corrected chi connectivity index (χ2v) is 5.02. The summed E-state index contributed by atoms with van der Waals surface area (Å²) in [5.74, 6) is 0.907. The Morgan fingerprint density at radius 3 is 2.60 bits per heavy atom. The lowest BCUT2D eigenvalue weighted by atomic mass is 10.00. The van der Waals surface area contributed by atoms with Crippen LogP contribution >= 0.6 is 0 Å². The molecule has 0 aliphatic rings. The summed E-state index contributed by atoms with van der Waals surface area (Å²) in [4.78, 5) is 4.21. The fraction of sp³-hybridized carbons (Fsp3) is 0.353. The maximum atomic E-state index is 5.78. The number of aromatic nitrogens is 1. The predicted octanol–water partition coefficient (Wildman–Crippen LogP) is 3.57. The number of ether oxygens (including phenoxy) is 1. The molecule has 1 N–H and O–H groups in total. The zero-order valence-electron chi connectivity index (χ0n) is 12.3. The second-order valence-electron chi connectivity index (χ2n) is 5.02. The minimum atomic E-state index is 0.143. The molecule has 0 aliphatic heterocycles. The van der Waals surface area contributed by atoms with Gasteiger partial charge in [-0.3, -0.25) is 4.98 Å². The van der Waals surface area contributed by atoms with Gasteiger partial charge in [0.15, 0.2) is 0 Å². The zero-order chi connectivity index (χ0) is 14.4. The first-order chi connectivity index (χ1) is 9.70. The highest BCUT2D eigenvalue weighted by Crippen LogP contribution is 2.25. The van der Waals surface area contributed by atoms with Crippen molar-refractivity contribution >= 4 is 0 Å². The zero-order valence-corrected chi connectivity index (χ0v) is 12.3. The van der Waals surface area contributed by atoms with Gasteiger partial charge in [0.1, 0.15) is 5.75 Å². The first kappa shape index (κ1) is 14.5. The third-order valence-corrected chi connectivity index (χ3v) is 2.99. The Morgan fingerprint density at radius 2 is 1.95 bits per heavy atom. The van der Waals surface area contributed by atoms with Crippen LogP contribution in [0.2, 0.25) is 0 Å². The highest BCUT2D eigenvalue weighted by Gasteiger charge is 2.13. The van der Waals surface area contributed by atoms with Crippen molar-refractivity contribution in [1.29, 1.82) is 0 Å². The SMILES string of the molecule is CCNC(c1cccnc1)c1cccc(OC(C)C)c1. The Balaban J connectivity index is 2.30. The molecule has 0 aliphatic carbocycles. The molecule has 1 heterocycles. The van der Waals surface area contributed by atoms with Crippen LogP contribution in [0.5, 0.6) is 5.75 Å². The molecule has 1 aromatic heterocycles. The van der Waals surface area contributed by atoms with Gasteiger partial charge in [0.2, 0.25) is 0 Å². The lowest BCUT2D eigenvalue weighted by molar-refractivity contribution is 0.242. The van der Waals surface area contributed by atoms with Crippen molar-refractivity contribution in [3.63, 3.8) is 0 Å². The topological polar surface area (TPSA) is 34.2 Å². The van der Waals surface area contributed by atoms with Crippen LogP contribution in [-0.2, 0) is 0 Å². The summed E-state index contributed by atoms with van der Waals surface area (Å²) in [5.41, 5.74) is 2.36. The minimum Gasteiger partial charge on any atom is -0.491 e. The lowest BCUT2D eigenvalue weighted by Gasteiger charge is -2.20. The Labute approximate surface area is 121 Å². The molecule has 1 unspecified atom stereocenters. The van der Waals surface area contributed by atoms with Gasteiger partial charge in [-0.1, -0.05) is 25.1 Å². The van der Waals surface area contributed by atoms with Gasteiger partial charge < -0.3 is 10.1 Å². The van der Waals surface area contributed by atoms with Crippen molar-refractivity contribution in [3.8, 4) is 5.75 Å². The van der Waals surface area contributed by atoms with Crippen LogP contribution in [0.1, 0.15) is 37.9 Å². The van der Waals surface area contributed by atoms with E-state index in [9.17, 15) is 0 Å². The Hall–Kier alpha value is -1.87. The van der Waals surface area contributed by atoms with E-state index in [1.165, 1.54) is 5.56 Å². The molecule has 20 heavy (non-hydrogen) atoms. The summed E-state index contributed by atoms with van der Waals surface area (Å²) in [5, 5.41) is 3.50. The summed E-state index contributed by atoms with van der Waals surface area (Å²) in [6.45, 7) is 7.08. The van der Waals surface area contributed by atoms with Crippen molar-refractivity contribution in [3.05, 3.63) is 59.9 Å². The van der Waals surface area contributed by atoms with Crippen molar-refractivity contribution in [2.75, 3.05) is 6.54 Å². The van der Waals surface area contributed by atoms with Gasteiger partial charge in [-0.25, -0.2) is 0 Å². The average Bonchev–Trinajstić information content (AvgIpc) is 2.45. The molecule has 1 aromatic carbocycles. The van der Waals surface area contributed by atoms with Crippen LogP contribution in [0.15, 0.2) is 48.8 Å². The van der Waals surface area contributed by atoms with Gasteiger partial charge in [0, 0.05) is 12.4 Å². The van der Waals surface area contributed by atoms with E-state index < -0.39 is 0 Å². The molecule has 106 valence electrons. The van der Waals surface area contributed by atoms with E-state index in [0.717, 1.165) is 17.9 Å². The first-order valence-corrected chi connectivity index (χ1v) is 7.10. The number of pyridine rings is 1. The molecule has 0 amide bonds. The fourth-order valence-electron chi connectivity index (χ4n) is 2.22. The Kier molecular flexibility index (Phi) is 5.13. The Morgan fingerprint density at radius 1 is 1.15 bits per heavy atom. The monoisotopic (exact) mass is 270 g/mol. The van der Waals surface area contributed by atoms with E-state index in [-0.39, 0.29) is 12.1 Å². The second kappa shape index (κ2) is 7.06. The predicted molar refractivity (Wildman–Crippen MR) is 82.0 cm³/mol. The molecule has 2 aromatic rings. The molecule has 0 fully saturated rings. The third kappa shape index (κ3) is 3.81. The van der Waals surface area contributed by atoms with Crippen LogP contribution in [0.4, 0.5) is 0 Å². The molecule has 0 bridgehead atoms. The van der Waals surface area contributed by atoms with Crippen molar-refractivity contribution < 1.29 is 4.74 Å². The molecule has 1 atom stereocenters. The summed E-state index contributed by atoms with van der Waals surface area (Å²) in [6.07, 6.45) is 3.88. The minimum absolute atomic E-state index is 0.143. The smallest absolute Gasteiger partial charge is 0.120 e. The quantitative estimate of drug-likeness (QED) is 0.871. The first-order valence-electron chi connectivity index (χ1n) is 7.10. The van der Waals surface area contributed by atoms with E-state index in [0.29, 0.717) is 0 Å². The van der Waals surface area contributed by atoms with E-state index in [1.807, 2.05) is 38.2 Å². The summed E-state index contributed by atoms with van der Waals surface area (Å²) >= 11 is 0. The fourth-order valence-corrected chi connectivity index (χ4v) is 2.22. The maximum Gasteiger partial charge on any atom is 0.120 e. The van der Waals surface area contributed by atoms with Gasteiger partial charge in [-0.15, -0.1) is 0 Å². The number of rotatable bonds is 6. The molecule has 3 heteroatoms. The number of benzene rings is 1. The highest BCUT2D eigenvalue weighted by atomic mass is 16.5. The maximum absolute atomic E-state index is 5.78. The van der Waals surface area contributed by atoms with Crippen LogP contribution in [0.25, 0.3) is 0 Å². The Bertz CT molecular complexity index is 526. The van der Waals surface area contributed by atoms with Gasteiger partial charge >= 0.3 is 0 Å². The van der Waals surface area contributed by atoms with E-state index in [1.54, 1.807) is 6.20 Å².